The Bertz CT molecular complexity index is 446. The molecular formula is C14H21NO2S. The first kappa shape index (κ1) is 14.9. The maximum Gasteiger partial charge on any atom is 0.234 e. The summed E-state index contributed by atoms with van der Waals surface area (Å²) in [6, 6.07) is 7.44. The van der Waals surface area contributed by atoms with Crippen LogP contribution in [-0.2, 0) is 15.8 Å². The molecule has 1 amide bonds. The van der Waals surface area contributed by atoms with Crippen molar-refractivity contribution < 1.29 is 9.00 Å². The van der Waals surface area contributed by atoms with Gasteiger partial charge in [-0.3, -0.25) is 9.10 Å². The van der Waals surface area contributed by atoms with Gasteiger partial charge in [0, 0.05) is 12.0 Å². The van der Waals surface area contributed by atoms with Gasteiger partial charge in [-0.05, 0) is 39.8 Å². The monoisotopic (exact) mass is 267 g/mol. The van der Waals surface area contributed by atoms with Crippen LogP contribution in [0.25, 0.3) is 0 Å². The van der Waals surface area contributed by atoms with E-state index in [0.717, 1.165) is 5.56 Å². The number of hydrogen-bond donors (Lipinski definition) is 0. The van der Waals surface area contributed by atoms with Gasteiger partial charge in [0.15, 0.2) is 11.0 Å². The highest BCUT2D eigenvalue weighted by Crippen LogP contribution is 2.22. The zero-order valence-corrected chi connectivity index (χ0v) is 12.5. The summed E-state index contributed by atoms with van der Waals surface area (Å²) < 4.78 is 14.0. The predicted octanol–water partition coefficient (Wildman–Crippen LogP) is 3.05. The minimum absolute atomic E-state index is 0.0959. The van der Waals surface area contributed by atoms with Crippen LogP contribution in [0.5, 0.6) is 0 Å². The molecule has 0 saturated heterocycles. The highest BCUT2D eigenvalue weighted by Gasteiger charge is 2.31. The second-order valence-corrected chi connectivity index (χ2v) is 6.61. The SMILES string of the molecule is CCC(=O)N([S@@](=O)c1ccc(C)cc1)C(C)(C)C. The molecule has 4 heteroatoms. The fraction of sp³-hybridized carbons (Fsp3) is 0.500. The molecule has 0 aliphatic carbocycles. The average Bonchev–Trinajstić information content (AvgIpc) is 2.27. The third-order valence-electron chi connectivity index (χ3n) is 2.53. The summed E-state index contributed by atoms with van der Waals surface area (Å²) in [6.45, 7) is 9.45. The zero-order valence-electron chi connectivity index (χ0n) is 11.7. The van der Waals surface area contributed by atoms with Gasteiger partial charge in [0.1, 0.15) is 0 Å². The van der Waals surface area contributed by atoms with E-state index in [1.54, 1.807) is 6.92 Å². The topological polar surface area (TPSA) is 37.4 Å². The predicted molar refractivity (Wildman–Crippen MR) is 74.5 cm³/mol. The van der Waals surface area contributed by atoms with E-state index in [1.165, 1.54) is 4.31 Å². The molecule has 0 unspecified atom stereocenters. The second-order valence-electron chi connectivity index (χ2n) is 5.27. The number of nitrogens with zero attached hydrogens (tertiary/aromatic N) is 1. The first-order valence-corrected chi connectivity index (χ1v) is 7.19. The van der Waals surface area contributed by atoms with Crippen LogP contribution in [-0.4, -0.2) is 20.0 Å². The maximum atomic E-state index is 12.5. The van der Waals surface area contributed by atoms with Crippen molar-refractivity contribution in [3.63, 3.8) is 0 Å². The van der Waals surface area contributed by atoms with Crippen LogP contribution >= 0.6 is 0 Å². The van der Waals surface area contributed by atoms with Crippen molar-refractivity contribution in [1.29, 1.82) is 0 Å². The van der Waals surface area contributed by atoms with E-state index in [4.69, 9.17) is 0 Å². The minimum atomic E-state index is -1.45. The summed E-state index contributed by atoms with van der Waals surface area (Å²) in [4.78, 5) is 12.6. The molecule has 1 atom stereocenters. The number of hydrogen-bond acceptors (Lipinski definition) is 2. The molecule has 0 spiro atoms. The van der Waals surface area contributed by atoms with Crippen LogP contribution in [0.1, 0.15) is 39.7 Å². The standard InChI is InChI=1S/C14H21NO2S/c1-6-13(16)15(14(3,4)5)18(17)12-9-7-11(2)8-10-12/h7-10H,6H2,1-5H3/t18-/m0/s1. The Morgan fingerprint density at radius 3 is 2.11 bits per heavy atom. The van der Waals surface area contributed by atoms with Gasteiger partial charge in [0.2, 0.25) is 5.91 Å². The Morgan fingerprint density at radius 2 is 1.72 bits per heavy atom. The Morgan fingerprint density at radius 1 is 1.22 bits per heavy atom. The van der Waals surface area contributed by atoms with E-state index < -0.39 is 16.5 Å². The summed E-state index contributed by atoms with van der Waals surface area (Å²) >= 11 is 0. The lowest BCUT2D eigenvalue weighted by atomic mass is 10.1. The van der Waals surface area contributed by atoms with Crippen LogP contribution in [0.3, 0.4) is 0 Å². The normalized spacial score (nSPS) is 13.2. The van der Waals surface area contributed by atoms with Crippen molar-refractivity contribution in [3.8, 4) is 0 Å². The molecule has 18 heavy (non-hydrogen) atoms. The van der Waals surface area contributed by atoms with Crippen LogP contribution in [0, 0.1) is 6.92 Å². The van der Waals surface area contributed by atoms with Gasteiger partial charge in [0.25, 0.3) is 0 Å². The van der Waals surface area contributed by atoms with Crippen molar-refractivity contribution in [2.75, 3.05) is 0 Å². The van der Waals surface area contributed by atoms with Crippen LogP contribution in [0.15, 0.2) is 29.2 Å². The summed E-state index contributed by atoms with van der Waals surface area (Å²) in [6.07, 6.45) is 0.356. The fourth-order valence-corrected chi connectivity index (χ4v) is 3.01. The molecule has 0 saturated carbocycles. The third-order valence-corrected chi connectivity index (χ3v) is 4.29. The van der Waals surface area contributed by atoms with Crippen molar-refractivity contribution in [3.05, 3.63) is 29.8 Å². The van der Waals surface area contributed by atoms with E-state index in [9.17, 15) is 9.00 Å². The summed E-state index contributed by atoms with van der Waals surface area (Å²) in [5.74, 6) is -0.0959. The van der Waals surface area contributed by atoms with E-state index >= 15 is 0 Å². The summed E-state index contributed by atoms with van der Waals surface area (Å²) in [5.41, 5.74) is 0.655. The van der Waals surface area contributed by atoms with Gasteiger partial charge < -0.3 is 0 Å². The van der Waals surface area contributed by atoms with Crippen LogP contribution < -0.4 is 0 Å². The van der Waals surface area contributed by atoms with Gasteiger partial charge >= 0.3 is 0 Å². The number of carbonyl (C=O) groups is 1. The highest BCUT2D eigenvalue weighted by molar-refractivity contribution is 7.83. The molecule has 0 radical (unpaired) electrons. The van der Waals surface area contributed by atoms with E-state index in [1.807, 2.05) is 52.0 Å². The van der Waals surface area contributed by atoms with Crippen LogP contribution in [0.2, 0.25) is 0 Å². The Balaban J connectivity index is 3.11. The number of benzene rings is 1. The van der Waals surface area contributed by atoms with E-state index in [-0.39, 0.29) is 5.91 Å². The molecule has 1 aromatic carbocycles. The summed E-state index contributed by atoms with van der Waals surface area (Å²) in [5, 5.41) is 0. The molecule has 0 aromatic heterocycles. The van der Waals surface area contributed by atoms with Crippen molar-refractivity contribution >= 4 is 16.9 Å². The van der Waals surface area contributed by atoms with E-state index in [2.05, 4.69) is 0 Å². The van der Waals surface area contributed by atoms with Gasteiger partial charge in [-0.15, -0.1) is 0 Å². The Kier molecular flexibility index (Phi) is 4.68. The van der Waals surface area contributed by atoms with Crippen molar-refractivity contribution in [2.24, 2.45) is 0 Å². The molecular weight excluding hydrogens is 246 g/mol. The fourth-order valence-electron chi connectivity index (χ4n) is 1.62. The number of amides is 1. The first-order valence-electron chi connectivity index (χ1n) is 6.09. The maximum absolute atomic E-state index is 12.5. The average molecular weight is 267 g/mol. The molecule has 0 bridgehead atoms. The molecule has 3 nitrogen and oxygen atoms in total. The highest BCUT2D eigenvalue weighted by atomic mass is 32.2. The van der Waals surface area contributed by atoms with E-state index in [0.29, 0.717) is 11.3 Å². The molecule has 0 heterocycles. The number of carbonyl (C=O) groups excluding carboxylic acids is 1. The first-order chi connectivity index (χ1) is 8.27. The minimum Gasteiger partial charge on any atom is -0.274 e. The number of rotatable bonds is 3. The molecule has 100 valence electrons. The van der Waals surface area contributed by atoms with Gasteiger partial charge in [0.05, 0.1) is 4.90 Å². The lowest BCUT2D eigenvalue weighted by Gasteiger charge is -2.33. The second kappa shape index (κ2) is 5.65. The molecule has 1 aromatic rings. The Labute approximate surface area is 112 Å². The zero-order chi connectivity index (χ0) is 13.9. The van der Waals surface area contributed by atoms with Gasteiger partial charge in [-0.1, -0.05) is 24.6 Å². The smallest absolute Gasteiger partial charge is 0.234 e. The van der Waals surface area contributed by atoms with Crippen molar-refractivity contribution in [2.45, 2.75) is 51.5 Å². The lowest BCUT2D eigenvalue weighted by Crippen LogP contribution is -2.46. The Hall–Kier alpha value is -1.16. The van der Waals surface area contributed by atoms with Crippen molar-refractivity contribution in [1.82, 2.24) is 4.31 Å². The molecule has 0 fully saturated rings. The molecule has 0 aliphatic heterocycles. The summed E-state index contributed by atoms with van der Waals surface area (Å²) in [7, 11) is -1.45. The van der Waals surface area contributed by atoms with Crippen LogP contribution in [0.4, 0.5) is 0 Å². The lowest BCUT2D eigenvalue weighted by molar-refractivity contribution is -0.128. The van der Waals surface area contributed by atoms with Gasteiger partial charge in [-0.25, -0.2) is 4.21 Å². The number of aryl methyl sites for hydroxylation is 1. The van der Waals surface area contributed by atoms with Gasteiger partial charge in [-0.2, -0.15) is 0 Å². The molecule has 0 N–H and O–H groups in total. The molecule has 1 rings (SSSR count). The quantitative estimate of drug-likeness (QED) is 0.844. The molecule has 0 aliphatic rings. The largest absolute Gasteiger partial charge is 0.274 e. The third kappa shape index (κ3) is 3.42.